The maximum Gasteiger partial charge on any atom is 0.289 e. The Kier molecular flexibility index (Phi) is 3.84. The number of nitrogens with zero attached hydrogens (tertiary/aromatic N) is 1. The van der Waals surface area contributed by atoms with Crippen LogP contribution in [-0.4, -0.2) is 35.6 Å². The van der Waals surface area contributed by atoms with Crippen LogP contribution in [0.15, 0.2) is 22.8 Å². The topological polar surface area (TPSA) is 53.7 Å². The summed E-state index contributed by atoms with van der Waals surface area (Å²) in [4.78, 5) is 13.8. The molecule has 0 saturated heterocycles. The average molecular weight is 237 g/mol. The Hall–Kier alpha value is -1.29. The second-order valence-corrected chi connectivity index (χ2v) is 4.75. The molecule has 0 aromatic carbocycles. The number of carbonyl (C=O) groups is 1. The molecule has 1 aliphatic rings. The predicted molar refractivity (Wildman–Crippen MR) is 63.6 cm³/mol. The monoisotopic (exact) mass is 237 g/mol. The Morgan fingerprint density at radius 1 is 1.47 bits per heavy atom. The molecule has 1 aliphatic carbocycles. The van der Waals surface area contributed by atoms with Crippen molar-refractivity contribution in [3.05, 3.63) is 24.2 Å². The molecule has 1 aromatic rings. The molecule has 1 fully saturated rings. The highest BCUT2D eigenvalue weighted by molar-refractivity contribution is 5.91. The van der Waals surface area contributed by atoms with E-state index in [1.807, 2.05) is 7.05 Å². The van der Waals surface area contributed by atoms with E-state index in [2.05, 4.69) is 0 Å². The third kappa shape index (κ3) is 2.69. The van der Waals surface area contributed by atoms with E-state index in [-0.39, 0.29) is 18.6 Å². The lowest BCUT2D eigenvalue weighted by atomic mass is 9.86. The molecular formula is C13H19NO3. The second-order valence-electron chi connectivity index (χ2n) is 4.75. The standard InChI is InChI=1S/C13H19NO3/c1-14(13(16)12-3-2-8-17-12)11-6-4-10(9-15)5-7-11/h2-3,8,10-11,15H,4-7,9H2,1H3. The zero-order valence-electron chi connectivity index (χ0n) is 10.1. The van der Waals surface area contributed by atoms with Crippen molar-refractivity contribution in [2.45, 2.75) is 31.7 Å². The van der Waals surface area contributed by atoms with E-state index < -0.39 is 0 Å². The van der Waals surface area contributed by atoms with Crippen molar-refractivity contribution in [1.29, 1.82) is 0 Å². The maximum absolute atomic E-state index is 12.0. The molecule has 0 atom stereocenters. The van der Waals surface area contributed by atoms with Crippen LogP contribution in [0.5, 0.6) is 0 Å². The highest BCUT2D eigenvalue weighted by Gasteiger charge is 2.27. The number of furan rings is 1. The first-order valence-electron chi connectivity index (χ1n) is 6.14. The van der Waals surface area contributed by atoms with Gasteiger partial charge in [-0.15, -0.1) is 0 Å². The van der Waals surface area contributed by atoms with Crippen molar-refractivity contribution in [3.63, 3.8) is 0 Å². The van der Waals surface area contributed by atoms with Gasteiger partial charge in [-0.1, -0.05) is 0 Å². The smallest absolute Gasteiger partial charge is 0.289 e. The van der Waals surface area contributed by atoms with Crippen LogP contribution >= 0.6 is 0 Å². The molecule has 0 unspecified atom stereocenters. The van der Waals surface area contributed by atoms with Gasteiger partial charge in [0.25, 0.3) is 5.91 Å². The Morgan fingerprint density at radius 3 is 2.71 bits per heavy atom. The summed E-state index contributed by atoms with van der Waals surface area (Å²) in [6.45, 7) is 0.266. The first-order valence-corrected chi connectivity index (χ1v) is 6.14. The molecule has 0 radical (unpaired) electrons. The molecule has 94 valence electrons. The van der Waals surface area contributed by atoms with E-state index in [1.54, 1.807) is 17.0 Å². The first kappa shape index (κ1) is 12.2. The zero-order valence-corrected chi connectivity index (χ0v) is 10.1. The van der Waals surface area contributed by atoms with Gasteiger partial charge in [0.1, 0.15) is 0 Å². The Labute approximate surface area is 101 Å². The minimum Gasteiger partial charge on any atom is -0.459 e. The van der Waals surface area contributed by atoms with E-state index in [0.29, 0.717) is 11.7 Å². The summed E-state index contributed by atoms with van der Waals surface area (Å²) in [6.07, 6.45) is 5.44. The van der Waals surface area contributed by atoms with Crippen molar-refractivity contribution >= 4 is 5.91 Å². The lowest BCUT2D eigenvalue weighted by Crippen LogP contribution is -2.39. The van der Waals surface area contributed by atoms with E-state index in [1.165, 1.54) is 6.26 Å². The second kappa shape index (κ2) is 5.36. The third-order valence-corrected chi connectivity index (χ3v) is 3.67. The summed E-state index contributed by atoms with van der Waals surface area (Å²) >= 11 is 0. The molecular weight excluding hydrogens is 218 g/mol. The number of rotatable bonds is 3. The van der Waals surface area contributed by atoms with Gasteiger partial charge in [-0.25, -0.2) is 0 Å². The minimum atomic E-state index is -0.0533. The van der Waals surface area contributed by atoms with Crippen molar-refractivity contribution in [2.24, 2.45) is 5.92 Å². The molecule has 4 nitrogen and oxygen atoms in total. The molecule has 1 heterocycles. The first-order chi connectivity index (χ1) is 8.22. The largest absolute Gasteiger partial charge is 0.459 e. The summed E-state index contributed by atoms with van der Waals surface area (Å²) in [5.74, 6) is 0.762. The minimum absolute atomic E-state index is 0.0533. The average Bonchev–Trinajstić information content (AvgIpc) is 2.91. The molecule has 4 heteroatoms. The number of carbonyl (C=O) groups excluding carboxylic acids is 1. The van der Waals surface area contributed by atoms with Crippen molar-refractivity contribution < 1.29 is 14.3 Å². The summed E-state index contributed by atoms with van der Waals surface area (Å²) in [5, 5.41) is 9.08. The summed E-state index contributed by atoms with van der Waals surface area (Å²) in [7, 11) is 1.83. The molecule has 17 heavy (non-hydrogen) atoms. The van der Waals surface area contributed by atoms with Crippen molar-refractivity contribution in [2.75, 3.05) is 13.7 Å². The highest BCUT2D eigenvalue weighted by atomic mass is 16.3. The number of aliphatic hydroxyl groups is 1. The van der Waals surface area contributed by atoms with E-state index in [0.717, 1.165) is 25.7 Å². The van der Waals surface area contributed by atoms with Gasteiger partial charge >= 0.3 is 0 Å². The van der Waals surface area contributed by atoms with Crippen LogP contribution in [0.2, 0.25) is 0 Å². The third-order valence-electron chi connectivity index (χ3n) is 3.67. The highest BCUT2D eigenvalue weighted by Crippen LogP contribution is 2.27. The van der Waals surface area contributed by atoms with Crippen LogP contribution in [-0.2, 0) is 0 Å². The lowest BCUT2D eigenvalue weighted by Gasteiger charge is -2.33. The lowest BCUT2D eigenvalue weighted by molar-refractivity contribution is 0.0622. The van der Waals surface area contributed by atoms with Crippen molar-refractivity contribution in [1.82, 2.24) is 4.90 Å². The normalized spacial score (nSPS) is 24.6. The fourth-order valence-electron chi connectivity index (χ4n) is 2.45. The predicted octanol–water partition coefficient (Wildman–Crippen LogP) is 1.90. The van der Waals surface area contributed by atoms with Gasteiger partial charge < -0.3 is 14.4 Å². The molecule has 0 aliphatic heterocycles. The van der Waals surface area contributed by atoms with E-state index >= 15 is 0 Å². The van der Waals surface area contributed by atoms with Gasteiger partial charge in [0.2, 0.25) is 0 Å². The number of hydrogen-bond donors (Lipinski definition) is 1. The fourth-order valence-corrected chi connectivity index (χ4v) is 2.45. The maximum atomic E-state index is 12.0. The molecule has 1 N–H and O–H groups in total. The molecule has 0 spiro atoms. The van der Waals surface area contributed by atoms with E-state index in [9.17, 15) is 4.79 Å². The van der Waals surface area contributed by atoms with E-state index in [4.69, 9.17) is 9.52 Å². The van der Waals surface area contributed by atoms with Crippen LogP contribution in [0.25, 0.3) is 0 Å². The summed E-state index contributed by atoms with van der Waals surface area (Å²) in [6, 6.07) is 3.69. The molecule has 0 bridgehead atoms. The summed E-state index contributed by atoms with van der Waals surface area (Å²) in [5.41, 5.74) is 0. The molecule has 1 aromatic heterocycles. The quantitative estimate of drug-likeness (QED) is 0.873. The number of amides is 1. The summed E-state index contributed by atoms with van der Waals surface area (Å²) < 4.78 is 5.12. The number of hydrogen-bond acceptors (Lipinski definition) is 3. The van der Waals surface area contributed by atoms with Crippen LogP contribution < -0.4 is 0 Å². The van der Waals surface area contributed by atoms with Gasteiger partial charge in [0, 0.05) is 19.7 Å². The van der Waals surface area contributed by atoms with Gasteiger partial charge in [0.05, 0.1) is 6.26 Å². The van der Waals surface area contributed by atoms with Crippen LogP contribution in [0.4, 0.5) is 0 Å². The zero-order chi connectivity index (χ0) is 12.3. The van der Waals surface area contributed by atoms with Crippen LogP contribution in [0.3, 0.4) is 0 Å². The van der Waals surface area contributed by atoms with Crippen molar-refractivity contribution in [3.8, 4) is 0 Å². The Balaban J connectivity index is 1.92. The molecule has 2 rings (SSSR count). The Morgan fingerprint density at radius 2 is 2.18 bits per heavy atom. The number of aliphatic hydroxyl groups excluding tert-OH is 1. The van der Waals surface area contributed by atoms with Gasteiger partial charge in [0.15, 0.2) is 5.76 Å². The molecule has 1 saturated carbocycles. The van der Waals surface area contributed by atoms with Gasteiger partial charge in [-0.2, -0.15) is 0 Å². The SMILES string of the molecule is CN(C(=O)c1ccco1)C1CCC(CO)CC1. The fraction of sp³-hybridized carbons (Fsp3) is 0.615. The Bertz CT molecular complexity index is 353. The van der Waals surface area contributed by atoms with Crippen LogP contribution in [0.1, 0.15) is 36.2 Å². The molecule has 1 amide bonds. The van der Waals surface area contributed by atoms with Gasteiger partial charge in [-0.3, -0.25) is 4.79 Å². The van der Waals surface area contributed by atoms with Crippen LogP contribution in [0, 0.1) is 5.92 Å². The van der Waals surface area contributed by atoms with Gasteiger partial charge in [-0.05, 0) is 43.7 Å².